The monoisotopic (exact) mass is 329 g/mol. The summed E-state index contributed by atoms with van der Waals surface area (Å²) in [5.41, 5.74) is 0.662. The maximum absolute atomic E-state index is 12.5. The van der Waals surface area contributed by atoms with Gasteiger partial charge in [0, 0.05) is 37.4 Å². The number of nitrogens with zero attached hydrogens (tertiary/aromatic N) is 2. The zero-order chi connectivity index (χ0) is 14.0. The Kier molecular flexibility index (Phi) is 4.65. The number of likely N-dealkylation sites (N-methyl/N-ethyl adjacent to an activating group) is 1. The molecular weight excluding hydrogens is 310 g/mol. The molecule has 1 aromatic rings. The van der Waals surface area contributed by atoms with Gasteiger partial charge in [0.25, 0.3) is 5.91 Å². The Balaban J connectivity index is 2.18. The molecule has 1 aromatic heterocycles. The van der Waals surface area contributed by atoms with Crippen molar-refractivity contribution in [2.45, 2.75) is 32.0 Å². The van der Waals surface area contributed by atoms with E-state index in [9.17, 15) is 9.90 Å². The number of halogens is 1. The van der Waals surface area contributed by atoms with Crippen LogP contribution >= 0.6 is 15.9 Å². The van der Waals surface area contributed by atoms with E-state index in [2.05, 4.69) is 28.2 Å². The highest BCUT2D eigenvalue weighted by Crippen LogP contribution is 2.19. The fourth-order valence-electron chi connectivity index (χ4n) is 2.46. The number of nitrogens with one attached hydrogen (secondary N) is 1. The van der Waals surface area contributed by atoms with Crippen molar-refractivity contribution >= 4 is 21.8 Å². The van der Waals surface area contributed by atoms with Crippen molar-refractivity contribution in [3.05, 3.63) is 22.4 Å². The van der Waals surface area contributed by atoms with Crippen molar-refractivity contribution < 1.29 is 9.90 Å². The Morgan fingerprint density at radius 1 is 1.63 bits per heavy atom. The molecule has 0 saturated carbocycles. The molecule has 1 fully saturated rings. The van der Waals surface area contributed by atoms with E-state index in [0.717, 1.165) is 17.4 Å². The molecule has 0 aromatic carbocycles. The average Bonchev–Trinajstić information content (AvgIpc) is 2.94. The first-order valence-corrected chi connectivity index (χ1v) is 7.35. The van der Waals surface area contributed by atoms with E-state index in [1.54, 1.807) is 11.9 Å². The second-order valence-electron chi connectivity index (χ2n) is 4.95. The van der Waals surface area contributed by atoms with Crippen LogP contribution in [0.5, 0.6) is 0 Å². The van der Waals surface area contributed by atoms with Crippen molar-refractivity contribution in [1.29, 1.82) is 0 Å². The lowest BCUT2D eigenvalue weighted by Crippen LogP contribution is -2.44. The Bertz CT molecular complexity index is 461. The molecule has 0 aliphatic carbocycles. The van der Waals surface area contributed by atoms with Crippen LogP contribution in [0.15, 0.2) is 16.7 Å². The van der Waals surface area contributed by atoms with E-state index in [1.807, 2.05) is 16.8 Å². The van der Waals surface area contributed by atoms with E-state index >= 15 is 0 Å². The average molecular weight is 330 g/mol. The van der Waals surface area contributed by atoms with Crippen LogP contribution in [0.25, 0.3) is 0 Å². The first-order valence-electron chi connectivity index (χ1n) is 6.56. The topological polar surface area (TPSA) is 57.5 Å². The number of carbonyl (C=O) groups is 1. The van der Waals surface area contributed by atoms with Crippen molar-refractivity contribution in [2.75, 3.05) is 20.1 Å². The molecule has 1 saturated heterocycles. The lowest BCUT2D eigenvalue weighted by atomic mass is 10.2. The Hall–Kier alpha value is -0.850. The van der Waals surface area contributed by atoms with Gasteiger partial charge in [0.05, 0.1) is 12.1 Å². The number of β-amino-alcohol motifs (C(OH)–C–C–N with tert-alkyl or cyclic N) is 1. The second kappa shape index (κ2) is 6.07. The largest absolute Gasteiger partial charge is 0.390 e. The summed E-state index contributed by atoms with van der Waals surface area (Å²) in [6.45, 7) is 4.07. The number of aliphatic hydroxyl groups is 1. The van der Waals surface area contributed by atoms with E-state index in [-0.39, 0.29) is 11.9 Å². The Morgan fingerprint density at radius 2 is 2.37 bits per heavy atom. The van der Waals surface area contributed by atoms with Crippen LogP contribution < -0.4 is 5.32 Å². The minimum atomic E-state index is -0.494. The summed E-state index contributed by atoms with van der Waals surface area (Å²) >= 11 is 3.41. The molecule has 1 amide bonds. The number of carbonyl (C=O) groups excluding carboxylic acids is 1. The molecule has 106 valence electrons. The number of hydrogen-bond donors (Lipinski definition) is 2. The predicted octanol–water partition coefficient (Wildman–Crippen LogP) is 1.07. The summed E-state index contributed by atoms with van der Waals surface area (Å²) < 4.78 is 2.86. The van der Waals surface area contributed by atoms with Crippen LogP contribution in [-0.4, -0.2) is 52.8 Å². The van der Waals surface area contributed by atoms with Gasteiger partial charge in [0.1, 0.15) is 5.69 Å². The number of rotatable bonds is 4. The quantitative estimate of drug-likeness (QED) is 0.868. The molecule has 5 nitrogen and oxygen atoms in total. The first kappa shape index (κ1) is 14.6. The highest BCUT2D eigenvalue weighted by atomic mass is 79.9. The van der Waals surface area contributed by atoms with Gasteiger partial charge in [0.2, 0.25) is 0 Å². The van der Waals surface area contributed by atoms with E-state index < -0.39 is 6.10 Å². The summed E-state index contributed by atoms with van der Waals surface area (Å²) in [6.07, 6.45) is 2.40. The summed E-state index contributed by atoms with van der Waals surface area (Å²) in [6, 6.07) is 1.68. The van der Waals surface area contributed by atoms with E-state index in [1.165, 1.54) is 0 Å². The fraction of sp³-hybridized carbons (Fsp3) is 0.615. The molecule has 2 rings (SSSR count). The standard InChI is InChI=1S/C13H20BrN3O2/c1-3-4-17-8-9(14)5-10(17)13(19)16(2)11-6-15-7-12(11)18/h5,8,11-12,15,18H,3-4,6-7H2,1-2H3/t11-,12-/m0/s1. The van der Waals surface area contributed by atoms with Crippen molar-refractivity contribution in [3.8, 4) is 0 Å². The molecule has 1 aliphatic rings. The van der Waals surface area contributed by atoms with E-state index in [4.69, 9.17) is 0 Å². The molecular formula is C13H20BrN3O2. The molecule has 1 aliphatic heterocycles. The molecule has 0 unspecified atom stereocenters. The van der Waals surface area contributed by atoms with Gasteiger partial charge in [-0.3, -0.25) is 4.79 Å². The number of aromatic nitrogens is 1. The smallest absolute Gasteiger partial charge is 0.270 e. The molecule has 0 bridgehead atoms. The highest BCUT2D eigenvalue weighted by Gasteiger charge is 2.32. The number of aryl methyl sites for hydroxylation is 1. The zero-order valence-corrected chi connectivity index (χ0v) is 12.9. The molecule has 0 radical (unpaired) electrons. The van der Waals surface area contributed by atoms with Gasteiger partial charge < -0.3 is 19.9 Å². The highest BCUT2D eigenvalue weighted by molar-refractivity contribution is 9.10. The van der Waals surface area contributed by atoms with Gasteiger partial charge in [-0.25, -0.2) is 0 Å². The van der Waals surface area contributed by atoms with Crippen molar-refractivity contribution in [3.63, 3.8) is 0 Å². The Morgan fingerprint density at radius 3 is 2.95 bits per heavy atom. The zero-order valence-electron chi connectivity index (χ0n) is 11.3. The first-order chi connectivity index (χ1) is 9.04. The van der Waals surface area contributed by atoms with Gasteiger partial charge >= 0.3 is 0 Å². The van der Waals surface area contributed by atoms with Gasteiger partial charge in [-0.1, -0.05) is 6.92 Å². The van der Waals surface area contributed by atoms with Crippen LogP contribution in [0.3, 0.4) is 0 Å². The lowest BCUT2D eigenvalue weighted by Gasteiger charge is -2.26. The molecule has 2 atom stereocenters. The molecule has 0 spiro atoms. The van der Waals surface area contributed by atoms with Crippen LogP contribution in [0, 0.1) is 0 Å². The van der Waals surface area contributed by atoms with Gasteiger partial charge in [0.15, 0.2) is 0 Å². The van der Waals surface area contributed by atoms with Crippen molar-refractivity contribution in [2.24, 2.45) is 0 Å². The normalized spacial score (nSPS) is 22.7. The van der Waals surface area contributed by atoms with Crippen LogP contribution in [-0.2, 0) is 6.54 Å². The number of amides is 1. The van der Waals surface area contributed by atoms with Crippen LogP contribution in [0.4, 0.5) is 0 Å². The third-order valence-corrected chi connectivity index (χ3v) is 3.95. The minimum absolute atomic E-state index is 0.0492. The molecule has 6 heteroatoms. The fourth-order valence-corrected chi connectivity index (χ4v) is 2.92. The summed E-state index contributed by atoms with van der Waals surface area (Å²) in [7, 11) is 1.75. The van der Waals surface area contributed by atoms with Crippen LogP contribution in [0.1, 0.15) is 23.8 Å². The van der Waals surface area contributed by atoms with Crippen molar-refractivity contribution in [1.82, 2.24) is 14.8 Å². The number of hydrogen-bond acceptors (Lipinski definition) is 3. The predicted molar refractivity (Wildman–Crippen MR) is 77.2 cm³/mol. The molecule has 19 heavy (non-hydrogen) atoms. The maximum Gasteiger partial charge on any atom is 0.270 e. The third-order valence-electron chi connectivity index (χ3n) is 3.52. The minimum Gasteiger partial charge on any atom is -0.390 e. The summed E-state index contributed by atoms with van der Waals surface area (Å²) in [5.74, 6) is -0.0492. The molecule has 2 heterocycles. The molecule has 2 N–H and O–H groups in total. The van der Waals surface area contributed by atoms with Gasteiger partial charge in [-0.15, -0.1) is 0 Å². The maximum atomic E-state index is 12.5. The van der Waals surface area contributed by atoms with E-state index in [0.29, 0.717) is 18.8 Å². The third kappa shape index (κ3) is 3.01. The lowest BCUT2D eigenvalue weighted by molar-refractivity contribution is 0.0571. The van der Waals surface area contributed by atoms with Gasteiger partial charge in [-0.05, 0) is 28.4 Å². The van der Waals surface area contributed by atoms with Crippen LogP contribution in [0.2, 0.25) is 0 Å². The van der Waals surface area contributed by atoms with Gasteiger partial charge in [-0.2, -0.15) is 0 Å². The number of aliphatic hydroxyl groups excluding tert-OH is 1. The second-order valence-corrected chi connectivity index (χ2v) is 5.86. The summed E-state index contributed by atoms with van der Waals surface area (Å²) in [4.78, 5) is 14.2. The SMILES string of the molecule is CCCn1cc(Br)cc1C(=O)N(C)[C@H]1CNC[C@@H]1O. The summed E-state index contributed by atoms with van der Waals surface area (Å²) in [5, 5.41) is 13.0. The Labute approximate surface area is 121 Å².